The molecule has 0 aliphatic rings. The molecule has 0 spiro atoms. The Balaban J connectivity index is 2.33. The fourth-order valence-electron chi connectivity index (χ4n) is 7.15. The first-order chi connectivity index (χ1) is 36.6. The number of aliphatic hydroxyl groups excluding tert-OH is 2. The number of carbonyl (C=O) groups is 11. The van der Waals surface area contributed by atoms with Crippen LogP contribution in [0.15, 0.2) is 53.5 Å². The number of aromatic hydroxyl groups is 2. The molecular weight excluding hydrogens is 1030 g/mol. The lowest BCUT2D eigenvalue weighted by molar-refractivity contribution is -0.139. The summed E-state index contributed by atoms with van der Waals surface area (Å²) in [5.74, 6) is -13.0. The summed E-state index contributed by atoms with van der Waals surface area (Å²) < 4.78 is 0. The number of aliphatic hydroxyl groups is 2. The van der Waals surface area contributed by atoms with Crippen LogP contribution < -0.4 is 65.1 Å². The largest absolute Gasteiger partial charge is 0.508 e. The van der Waals surface area contributed by atoms with Gasteiger partial charge >= 0.3 is 11.9 Å². The highest BCUT2D eigenvalue weighted by Gasteiger charge is 2.36. The van der Waals surface area contributed by atoms with E-state index in [-0.39, 0.29) is 49.7 Å². The first kappa shape index (κ1) is 65.5. The van der Waals surface area contributed by atoms with Gasteiger partial charge in [-0.05, 0) is 74.4 Å². The summed E-state index contributed by atoms with van der Waals surface area (Å²) in [7, 11) is 0. The van der Waals surface area contributed by atoms with Crippen molar-refractivity contribution in [3.8, 4) is 11.5 Å². The molecule has 0 aliphatic heterocycles. The number of rotatable bonds is 33. The van der Waals surface area contributed by atoms with Gasteiger partial charge in [-0.25, -0.2) is 0 Å². The summed E-state index contributed by atoms with van der Waals surface area (Å²) in [6.07, 6.45) is -4.96. The highest BCUT2D eigenvalue weighted by Crippen LogP contribution is 2.15. The van der Waals surface area contributed by atoms with Crippen LogP contribution in [0.1, 0.15) is 64.5 Å². The quantitative estimate of drug-likeness (QED) is 0.0180. The molecular formula is C48H71N13O17. The molecule has 78 heavy (non-hydrogen) atoms. The molecule has 0 unspecified atom stereocenters. The molecule has 0 aromatic heterocycles. The van der Waals surface area contributed by atoms with Crippen LogP contribution in [0.5, 0.6) is 11.5 Å². The lowest BCUT2D eigenvalue weighted by atomic mass is 10.0. The maximum Gasteiger partial charge on any atom is 0.322 e. The SMILES string of the molecule is CC(C)[C@H](NC(=O)[C@H](CCCN=C(N)N)NC(=O)[C@H](Cc1ccc(O)cc1)NC(=O)CN)C(=O)N[C@H](C(=O)NCC(=O)N[C@@H](Cc1ccc(O)cc1)C(=O)N[C@@H](CCC(=O)O)C(=O)N[C@H](C(=O)NCC(=O)O)[C@@H](C)O)[C@@H](C)O. The summed E-state index contributed by atoms with van der Waals surface area (Å²) in [4.78, 5) is 147. The van der Waals surface area contributed by atoms with Gasteiger partial charge in [0.1, 0.15) is 60.3 Å². The van der Waals surface area contributed by atoms with Gasteiger partial charge in [0.25, 0.3) is 0 Å². The number of nitrogens with zero attached hydrogens (tertiary/aromatic N) is 1. The van der Waals surface area contributed by atoms with Gasteiger partial charge in [-0.15, -0.1) is 0 Å². The average molecular weight is 1100 g/mol. The van der Waals surface area contributed by atoms with Gasteiger partial charge in [0.2, 0.25) is 53.2 Å². The minimum absolute atomic E-state index is 0.0222. The van der Waals surface area contributed by atoms with E-state index >= 15 is 0 Å². The number of aliphatic carboxylic acids is 2. The Morgan fingerprint density at radius 2 is 0.910 bits per heavy atom. The predicted molar refractivity (Wildman–Crippen MR) is 275 cm³/mol. The van der Waals surface area contributed by atoms with E-state index < -0.39 is 158 Å². The Kier molecular flexibility index (Phi) is 27.5. The summed E-state index contributed by atoms with van der Waals surface area (Å²) >= 11 is 0. The van der Waals surface area contributed by atoms with Crippen molar-refractivity contribution in [3.63, 3.8) is 0 Å². The zero-order valence-corrected chi connectivity index (χ0v) is 43.3. The fraction of sp³-hybridized carbons (Fsp3) is 0.500. The molecule has 9 amide bonds. The van der Waals surface area contributed by atoms with E-state index in [9.17, 15) is 78.3 Å². The van der Waals surface area contributed by atoms with Crippen LogP contribution in [0.2, 0.25) is 0 Å². The number of phenols is 2. The van der Waals surface area contributed by atoms with Gasteiger partial charge in [0, 0.05) is 25.8 Å². The molecule has 9 atom stereocenters. The molecule has 0 bridgehead atoms. The number of nitrogens with one attached hydrogen (secondary N) is 9. The first-order valence-corrected chi connectivity index (χ1v) is 24.4. The van der Waals surface area contributed by atoms with Crippen LogP contribution in [-0.4, -0.2) is 182 Å². The highest BCUT2D eigenvalue weighted by atomic mass is 16.4. The molecule has 2 aromatic carbocycles. The maximum atomic E-state index is 14.0. The molecule has 30 heteroatoms. The van der Waals surface area contributed by atoms with Crippen LogP contribution in [0.25, 0.3) is 0 Å². The van der Waals surface area contributed by atoms with E-state index in [0.717, 1.165) is 13.8 Å². The second kappa shape index (κ2) is 32.7. The first-order valence-electron chi connectivity index (χ1n) is 24.4. The van der Waals surface area contributed by atoms with E-state index in [2.05, 4.69) is 47.5 Å². The van der Waals surface area contributed by atoms with E-state index in [1.54, 1.807) is 0 Å². The Hall–Kier alpha value is -8.64. The standard InChI is InChI=1S/C48H71N13O17/c1-23(2)38(59-41(72)30(6-5-17-52-48(50)51)57-43(74)32(55-34(66)20-49)18-26-7-11-28(64)12-8-26)47(78)61-40(25(4)63)45(76)53-21-35(67)56-33(19-27-9-13-29(65)14-10-27)44(75)58-31(15-16-36(68)69)42(73)60-39(24(3)62)46(77)54-22-37(70)71/h7-14,23-25,30-33,38-40,62-65H,5-6,15-22,49H2,1-4H3,(H,53,76)(H,54,77)(H,55,66)(H,56,67)(H,57,74)(H,58,75)(H,59,72)(H,60,73)(H,61,78)(H,68,69)(H,70,71)(H4,50,51,52)/t24-,25-,30+,31+,32+,33+,38+,39+,40+/m1/s1. The predicted octanol–water partition coefficient (Wildman–Crippen LogP) is -6.11. The normalized spacial score (nSPS) is 14.4. The van der Waals surface area contributed by atoms with E-state index in [4.69, 9.17) is 22.3 Å². The van der Waals surface area contributed by atoms with E-state index in [1.165, 1.54) is 62.4 Å². The fourth-order valence-corrected chi connectivity index (χ4v) is 7.15. The number of aliphatic imine (C=N–C) groups is 1. The van der Waals surface area contributed by atoms with Gasteiger partial charge in [0.05, 0.1) is 25.3 Å². The number of nitrogens with two attached hydrogens (primary N) is 3. The van der Waals surface area contributed by atoms with Crippen LogP contribution in [0.3, 0.4) is 0 Å². The number of hydrogen-bond donors (Lipinski definition) is 18. The second-order valence-corrected chi connectivity index (χ2v) is 18.2. The molecule has 0 saturated carbocycles. The Morgan fingerprint density at radius 1 is 0.500 bits per heavy atom. The number of amides is 9. The zero-order valence-electron chi connectivity index (χ0n) is 43.3. The second-order valence-electron chi connectivity index (χ2n) is 18.2. The van der Waals surface area contributed by atoms with Crippen LogP contribution in [-0.2, 0) is 65.6 Å². The number of hydrogen-bond acceptors (Lipinski definition) is 17. The number of carbonyl (C=O) groups excluding carboxylic acids is 9. The summed E-state index contributed by atoms with van der Waals surface area (Å²) in [5, 5.41) is 79.8. The Bertz CT molecular complexity index is 2440. The molecule has 0 heterocycles. The van der Waals surface area contributed by atoms with Gasteiger partial charge in [-0.3, -0.25) is 57.7 Å². The number of guanidine groups is 1. The van der Waals surface area contributed by atoms with Gasteiger partial charge < -0.3 is 95.7 Å². The summed E-state index contributed by atoms with van der Waals surface area (Å²) in [5.41, 5.74) is 17.2. The smallest absolute Gasteiger partial charge is 0.322 e. The van der Waals surface area contributed by atoms with Crippen molar-refractivity contribution in [3.05, 3.63) is 59.7 Å². The molecule has 0 radical (unpaired) electrons. The van der Waals surface area contributed by atoms with Crippen LogP contribution in [0.4, 0.5) is 0 Å². The number of carboxylic acid groups (broad SMARTS) is 2. The zero-order chi connectivity index (χ0) is 58.8. The third kappa shape index (κ3) is 23.9. The molecule has 2 rings (SSSR count). The number of carboxylic acids is 2. The third-order valence-corrected chi connectivity index (χ3v) is 11.3. The van der Waals surface area contributed by atoms with Crippen LogP contribution >= 0.6 is 0 Å². The number of benzene rings is 2. The van der Waals surface area contributed by atoms with Crippen molar-refractivity contribution in [2.45, 2.75) is 121 Å². The van der Waals surface area contributed by atoms with Crippen molar-refractivity contribution >= 4 is 71.1 Å². The average Bonchev–Trinajstić information content (AvgIpc) is 3.37. The molecule has 0 fully saturated rings. The van der Waals surface area contributed by atoms with Crippen molar-refractivity contribution in [1.82, 2.24) is 47.9 Å². The third-order valence-electron chi connectivity index (χ3n) is 11.3. The Labute approximate surface area is 447 Å². The molecule has 0 aliphatic carbocycles. The van der Waals surface area contributed by atoms with Crippen LogP contribution in [0, 0.1) is 5.92 Å². The van der Waals surface area contributed by atoms with Gasteiger partial charge in [-0.1, -0.05) is 38.1 Å². The van der Waals surface area contributed by atoms with Crippen molar-refractivity contribution in [2.75, 3.05) is 26.2 Å². The molecule has 430 valence electrons. The minimum atomic E-state index is -1.79. The Morgan fingerprint density at radius 3 is 1.32 bits per heavy atom. The van der Waals surface area contributed by atoms with E-state index in [0.29, 0.717) is 11.1 Å². The topological polar surface area (TPSA) is 508 Å². The summed E-state index contributed by atoms with van der Waals surface area (Å²) in [6, 6.07) is 0.0702. The molecule has 0 saturated heterocycles. The number of phenolic OH excluding ortho intramolecular Hbond substituents is 2. The van der Waals surface area contributed by atoms with Crippen molar-refractivity contribution in [2.24, 2.45) is 28.1 Å². The lowest BCUT2D eigenvalue weighted by Gasteiger charge is -2.29. The molecule has 30 nitrogen and oxygen atoms in total. The van der Waals surface area contributed by atoms with Gasteiger partial charge in [0.15, 0.2) is 5.96 Å². The molecule has 2 aromatic rings. The monoisotopic (exact) mass is 1100 g/mol. The molecule has 21 N–H and O–H groups in total. The van der Waals surface area contributed by atoms with Crippen molar-refractivity contribution < 1.29 is 83.4 Å². The van der Waals surface area contributed by atoms with E-state index in [1.807, 2.05) is 5.32 Å². The van der Waals surface area contributed by atoms with Crippen molar-refractivity contribution in [1.29, 1.82) is 0 Å². The highest BCUT2D eigenvalue weighted by molar-refractivity contribution is 5.98. The minimum Gasteiger partial charge on any atom is -0.508 e. The summed E-state index contributed by atoms with van der Waals surface area (Å²) in [6.45, 7) is 3.05. The maximum absolute atomic E-state index is 14.0. The van der Waals surface area contributed by atoms with Gasteiger partial charge in [-0.2, -0.15) is 0 Å². The lowest BCUT2D eigenvalue weighted by Crippen LogP contribution is -2.61.